The summed E-state index contributed by atoms with van der Waals surface area (Å²) in [5, 5.41) is 0. The van der Waals surface area contributed by atoms with Gasteiger partial charge in [0.15, 0.2) is 0 Å². The Labute approximate surface area is 109 Å². The van der Waals surface area contributed by atoms with Crippen LogP contribution in [0.5, 0.6) is 11.6 Å². The average Bonchev–Trinajstić information content (AvgIpc) is 2.31. The highest BCUT2D eigenvalue weighted by atomic mass is 79.9. The second-order valence-electron chi connectivity index (χ2n) is 3.67. The molecule has 17 heavy (non-hydrogen) atoms. The van der Waals surface area contributed by atoms with Gasteiger partial charge in [-0.1, -0.05) is 25.1 Å². The van der Waals surface area contributed by atoms with Gasteiger partial charge in [-0.25, -0.2) is 4.98 Å². The van der Waals surface area contributed by atoms with E-state index in [1.807, 2.05) is 38.1 Å². The lowest BCUT2D eigenvalue weighted by Crippen LogP contribution is -1.97. The molecular formula is C13H13BrN2O. The Balaban J connectivity index is 2.30. The van der Waals surface area contributed by atoms with Crippen LogP contribution in [0.4, 0.5) is 0 Å². The summed E-state index contributed by atoms with van der Waals surface area (Å²) < 4.78 is 6.49. The van der Waals surface area contributed by atoms with Gasteiger partial charge in [-0.2, -0.15) is 4.98 Å². The van der Waals surface area contributed by atoms with E-state index >= 15 is 0 Å². The van der Waals surface area contributed by atoms with Crippen molar-refractivity contribution in [3.63, 3.8) is 0 Å². The van der Waals surface area contributed by atoms with E-state index in [1.54, 1.807) is 6.07 Å². The highest BCUT2D eigenvalue weighted by molar-refractivity contribution is 9.10. The quantitative estimate of drug-likeness (QED) is 0.805. The third-order valence-electron chi connectivity index (χ3n) is 2.34. The number of ether oxygens (including phenoxy) is 1. The van der Waals surface area contributed by atoms with Gasteiger partial charge < -0.3 is 4.74 Å². The second kappa shape index (κ2) is 5.27. The van der Waals surface area contributed by atoms with Crippen molar-refractivity contribution in [1.29, 1.82) is 0 Å². The molecular weight excluding hydrogens is 280 g/mol. The summed E-state index contributed by atoms with van der Waals surface area (Å²) in [6.07, 6.45) is 0.781. The third-order valence-corrected chi connectivity index (χ3v) is 2.75. The minimum absolute atomic E-state index is 0.568. The number of benzene rings is 1. The molecule has 0 atom stereocenters. The molecule has 1 heterocycles. The van der Waals surface area contributed by atoms with E-state index in [0.29, 0.717) is 5.88 Å². The molecule has 0 fully saturated rings. The fourth-order valence-corrected chi connectivity index (χ4v) is 1.84. The Hall–Kier alpha value is -1.42. The molecule has 1 aromatic heterocycles. The predicted octanol–water partition coefficient (Wildman–Crippen LogP) is 3.90. The van der Waals surface area contributed by atoms with Crippen molar-refractivity contribution < 1.29 is 4.74 Å². The summed E-state index contributed by atoms with van der Waals surface area (Å²) in [5.74, 6) is 2.15. The largest absolute Gasteiger partial charge is 0.439 e. The van der Waals surface area contributed by atoms with Crippen LogP contribution in [0.3, 0.4) is 0 Å². The van der Waals surface area contributed by atoms with Crippen LogP contribution in [0, 0.1) is 6.92 Å². The molecule has 3 nitrogen and oxygen atoms in total. The van der Waals surface area contributed by atoms with Gasteiger partial charge in [0.1, 0.15) is 16.2 Å². The summed E-state index contributed by atoms with van der Waals surface area (Å²) in [6, 6.07) is 9.63. The summed E-state index contributed by atoms with van der Waals surface area (Å²) in [6.45, 7) is 4.02. The van der Waals surface area contributed by atoms with E-state index in [9.17, 15) is 0 Å². The van der Waals surface area contributed by atoms with Crippen molar-refractivity contribution in [3.8, 4) is 11.6 Å². The summed E-state index contributed by atoms with van der Waals surface area (Å²) in [7, 11) is 0. The van der Waals surface area contributed by atoms with Crippen LogP contribution >= 0.6 is 15.9 Å². The zero-order valence-corrected chi connectivity index (χ0v) is 11.4. The molecule has 1 aromatic carbocycles. The lowest BCUT2D eigenvalue weighted by atomic mass is 10.2. The normalized spacial score (nSPS) is 10.3. The van der Waals surface area contributed by atoms with Crippen LogP contribution in [-0.2, 0) is 6.42 Å². The Morgan fingerprint density at radius 2 is 2.00 bits per heavy atom. The SMILES string of the molecule is CCc1nc(Br)cc(Oc2ccccc2C)n1. The minimum atomic E-state index is 0.568. The van der Waals surface area contributed by atoms with Gasteiger partial charge in [-0.3, -0.25) is 0 Å². The van der Waals surface area contributed by atoms with Crippen molar-refractivity contribution in [2.24, 2.45) is 0 Å². The smallest absolute Gasteiger partial charge is 0.223 e. The van der Waals surface area contributed by atoms with Gasteiger partial charge in [0.25, 0.3) is 0 Å². The Kier molecular flexibility index (Phi) is 3.74. The summed E-state index contributed by atoms with van der Waals surface area (Å²) >= 11 is 3.35. The molecule has 4 heteroatoms. The highest BCUT2D eigenvalue weighted by Gasteiger charge is 2.05. The maximum absolute atomic E-state index is 5.75. The highest BCUT2D eigenvalue weighted by Crippen LogP contribution is 2.24. The lowest BCUT2D eigenvalue weighted by molar-refractivity contribution is 0.454. The molecule has 0 N–H and O–H groups in total. The number of aromatic nitrogens is 2. The first kappa shape index (κ1) is 12.0. The van der Waals surface area contributed by atoms with Gasteiger partial charge in [-0.05, 0) is 34.5 Å². The van der Waals surface area contributed by atoms with E-state index in [2.05, 4.69) is 25.9 Å². The van der Waals surface area contributed by atoms with Gasteiger partial charge in [0.2, 0.25) is 5.88 Å². The maximum atomic E-state index is 5.75. The number of aryl methyl sites for hydroxylation is 2. The van der Waals surface area contributed by atoms with Crippen LogP contribution in [0.2, 0.25) is 0 Å². The third kappa shape index (κ3) is 3.03. The molecule has 0 aliphatic heterocycles. The molecule has 0 unspecified atom stereocenters. The van der Waals surface area contributed by atoms with Crippen molar-refractivity contribution in [2.45, 2.75) is 20.3 Å². The molecule has 2 aromatic rings. The number of nitrogens with zero attached hydrogens (tertiary/aromatic N) is 2. The molecule has 0 aliphatic carbocycles. The van der Waals surface area contributed by atoms with Crippen LogP contribution in [0.15, 0.2) is 34.9 Å². The maximum Gasteiger partial charge on any atom is 0.223 e. The lowest BCUT2D eigenvalue weighted by Gasteiger charge is -2.08. The monoisotopic (exact) mass is 292 g/mol. The molecule has 0 saturated carbocycles. The molecule has 0 radical (unpaired) electrons. The minimum Gasteiger partial charge on any atom is -0.439 e. The predicted molar refractivity (Wildman–Crippen MR) is 70.4 cm³/mol. The Morgan fingerprint density at radius 1 is 1.24 bits per heavy atom. The molecule has 0 spiro atoms. The van der Waals surface area contributed by atoms with E-state index in [4.69, 9.17) is 4.74 Å². The fourth-order valence-electron chi connectivity index (χ4n) is 1.44. The van der Waals surface area contributed by atoms with Crippen LogP contribution in [-0.4, -0.2) is 9.97 Å². The van der Waals surface area contributed by atoms with Crippen LogP contribution < -0.4 is 4.74 Å². The summed E-state index contributed by atoms with van der Waals surface area (Å²) in [5.41, 5.74) is 1.08. The van der Waals surface area contributed by atoms with Gasteiger partial charge in [0.05, 0.1) is 0 Å². The molecule has 88 valence electrons. The molecule has 2 rings (SSSR count). The molecule has 0 saturated heterocycles. The Bertz CT molecular complexity index is 529. The van der Waals surface area contributed by atoms with E-state index < -0.39 is 0 Å². The van der Waals surface area contributed by atoms with E-state index in [1.165, 1.54) is 0 Å². The van der Waals surface area contributed by atoms with Gasteiger partial charge >= 0.3 is 0 Å². The van der Waals surface area contributed by atoms with Crippen LogP contribution in [0.25, 0.3) is 0 Å². The number of hydrogen-bond donors (Lipinski definition) is 0. The zero-order chi connectivity index (χ0) is 12.3. The second-order valence-corrected chi connectivity index (χ2v) is 4.48. The molecule has 0 bridgehead atoms. The van der Waals surface area contributed by atoms with Crippen molar-refractivity contribution in [1.82, 2.24) is 9.97 Å². The number of rotatable bonds is 3. The summed E-state index contributed by atoms with van der Waals surface area (Å²) in [4.78, 5) is 8.57. The average molecular weight is 293 g/mol. The number of halogens is 1. The Morgan fingerprint density at radius 3 is 2.71 bits per heavy atom. The van der Waals surface area contributed by atoms with Crippen molar-refractivity contribution in [2.75, 3.05) is 0 Å². The number of para-hydroxylation sites is 1. The molecule has 0 amide bonds. The van der Waals surface area contributed by atoms with Crippen molar-refractivity contribution in [3.05, 3.63) is 46.3 Å². The first-order chi connectivity index (χ1) is 8.19. The van der Waals surface area contributed by atoms with E-state index in [-0.39, 0.29) is 0 Å². The van der Waals surface area contributed by atoms with Crippen molar-refractivity contribution >= 4 is 15.9 Å². The fraction of sp³-hybridized carbons (Fsp3) is 0.231. The van der Waals surface area contributed by atoms with Gasteiger partial charge in [0, 0.05) is 12.5 Å². The zero-order valence-electron chi connectivity index (χ0n) is 9.77. The molecule has 0 aliphatic rings. The first-order valence-corrected chi connectivity index (χ1v) is 6.25. The van der Waals surface area contributed by atoms with Gasteiger partial charge in [-0.15, -0.1) is 0 Å². The van der Waals surface area contributed by atoms with E-state index in [0.717, 1.165) is 28.2 Å². The van der Waals surface area contributed by atoms with Crippen LogP contribution in [0.1, 0.15) is 18.3 Å². The standard InChI is InChI=1S/C13H13BrN2O/c1-3-12-15-11(14)8-13(16-12)17-10-7-5-4-6-9(10)2/h4-8H,3H2,1-2H3. The first-order valence-electron chi connectivity index (χ1n) is 5.46. The number of hydrogen-bond acceptors (Lipinski definition) is 3. The topological polar surface area (TPSA) is 35.0 Å².